The number of esters is 1. The van der Waals surface area contributed by atoms with E-state index in [0.29, 0.717) is 18.0 Å². The predicted octanol–water partition coefficient (Wildman–Crippen LogP) is 1.82. The van der Waals surface area contributed by atoms with Crippen LogP contribution in [0.1, 0.15) is 12.6 Å². The summed E-state index contributed by atoms with van der Waals surface area (Å²) in [6.45, 7) is 2.17. The van der Waals surface area contributed by atoms with E-state index in [4.69, 9.17) is 10.1 Å². The largest absolute Gasteiger partial charge is 0.465 e. The number of nitrogens with zero attached hydrogens (tertiary/aromatic N) is 1. The maximum absolute atomic E-state index is 11.1. The minimum atomic E-state index is -0.335. The summed E-state index contributed by atoms with van der Waals surface area (Å²) in [5.74, 6) is -0.335. The molecule has 0 spiro atoms. The Balaban J connectivity index is 2.68. The third kappa shape index (κ3) is 3.62. The first kappa shape index (κ1) is 12.6. The first-order valence-electron chi connectivity index (χ1n) is 4.73. The predicted molar refractivity (Wildman–Crippen MR) is 64.9 cm³/mol. The molecule has 0 aliphatic heterocycles. The number of pyridine rings is 1. The Kier molecular flexibility index (Phi) is 4.91. The molecule has 0 radical (unpaired) electrons. The van der Waals surface area contributed by atoms with Crippen molar-refractivity contribution >= 4 is 33.8 Å². The van der Waals surface area contributed by atoms with Crippen LogP contribution in [0, 0.1) is 5.41 Å². The average Bonchev–Trinajstić information content (AvgIpc) is 2.27. The van der Waals surface area contributed by atoms with Crippen LogP contribution in [-0.2, 0) is 9.53 Å². The smallest absolute Gasteiger partial charge is 0.325 e. The molecule has 0 unspecified atom stereocenters. The van der Waals surface area contributed by atoms with E-state index in [1.165, 1.54) is 0 Å². The Labute approximate surface area is 102 Å². The fourth-order valence-electron chi connectivity index (χ4n) is 1.09. The van der Waals surface area contributed by atoms with E-state index in [1.807, 2.05) is 0 Å². The molecule has 1 aromatic heterocycles. The second kappa shape index (κ2) is 6.22. The highest BCUT2D eigenvalue weighted by Crippen LogP contribution is 2.17. The summed E-state index contributed by atoms with van der Waals surface area (Å²) in [5, 5.41) is 10.0. The molecular weight excluding hydrogens is 274 g/mol. The van der Waals surface area contributed by atoms with Gasteiger partial charge in [-0.15, -0.1) is 0 Å². The molecule has 0 aromatic carbocycles. The van der Waals surface area contributed by atoms with Gasteiger partial charge in [0.05, 0.1) is 12.3 Å². The third-order valence-electron chi connectivity index (χ3n) is 1.75. The van der Waals surface area contributed by atoms with Crippen LogP contribution in [0.3, 0.4) is 0 Å². The van der Waals surface area contributed by atoms with E-state index < -0.39 is 0 Å². The van der Waals surface area contributed by atoms with E-state index in [-0.39, 0.29) is 12.5 Å². The highest BCUT2D eigenvalue weighted by molar-refractivity contribution is 9.10. The highest BCUT2D eigenvalue weighted by Gasteiger charge is 2.05. The Morgan fingerprint density at radius 2 is 2.50 bits per heavy atom. The third-order valence-corrected chi connectivity index (χ3v) is 2.18. The molecule has 0 aliphatic carbocycles. The molecule has 0 saturated carbocycles. The van der Waals surface area contributed by atoms with E-state index in [9.17, 15) is 4.79 Å². The number of carbonyl (C=O) groups excluding carboxylic acids is 1. The molecule has 1 rings (SSSR count). The van der Waals surface area contributed by atoms with Gasteiger partial charge in [0.25, 0.3) is 0 Å². The lowest BCUT2D eigenvalue weighted by molar-refractivity contribution is -0.140. The van der Waals surface area contributed by atoms with Crippen LogP contribution in [-0.4, -0.2) is 30.3 Å². The number of halogens is 1. The van der Waals surface area contributed by atoms with Crippen molar-refractivity contribution in [3.8, 4) is 0 Å². The van der Waals surface area contributed by atoms with E-state index in [2.05, 4.69) is 26.2 Å². The van der Waals surface area contributed by atoms with Crippen molar-refractivity contribution < 1.29 is 9.53 Å². The maximum Gasteiger partial charge on any atom is 0.325 e. The van der Waals surface area contributed by atoms with Gasteiger partial charge in [0.15, 0.2) is 0 Å². The number of anilines is 1. The number of nitrogens with one attached hydrogen (secondary N) is 2. The van der Waals surface area contributed by atoms with Crippen LogP contribution >= 0.6 is 15.9 Å². The van der Waals surface area contributed by atoms with Crippen LogP contribution < -0.4 is 5.32 Å². The van der Waals surface area contributed by atoms with Crippen LogP contribution in [0.2, 0.25) is 0 Å². The molecule has 0 aliphatic rings. The normalized spacial score (nSPS) is 9.62. The van der Waals surface area contributed by atoms with Gasteiger partial charge in [-0.1, -0.05) is 0 Å². The van der Waals surface area contributed by atoms with Crippen molar-refractivity contribution in [2.75, 3.05) is 18.5 Å². The number of hydrogen-bond acceptors (Lipinski definition) is 5. The molecule has 5 nitrogen and oxygen atoms in total. The molecule has 0 saturated heterocycles. The second-order valence-electron chi connectivity index (χ2n) is 2.89. The summed E-state index contributed by atoms with van der Waals surface area (Å²) < 4.78 is 5.56. The lowest BCUT2D eigenvalue weighted by Crippen LogP contribution is -2.17. The zero-order chi connectivity index (χ0) is 12.0. The van der Waals surface area contributed by atoms with Crippen LogP contribution in [0.4, 0.5) is 5.69 Å². The van der Waals surface area contributed by atoms with Gasteiger partial charge < -0.3 is 15.5 Å². The standard InChI is InChI=1S/C10H12BrN3O2/c1-2-16-10(15)6-14-8-3-7(11)5-13-9(8)4-12/h3-5,12,14H,2,6H2,1H3. The molecule has 1 aromatic rings. The minimum Gasteiger partial charge on any atom is -0.465 e. The monoisotopic (exact) mass is 285 g/mol. The SMILES string of the molecule is CCOC(=O)CNc1cc(Br)cnc1C=N. The number of ether oxygens (including phenoxy) is 1. The van der Waals surface area contributed by atoms with Crippen molar-refractivity contribution in [1.82, 2.24) is 4.98 Å². The highest BCUT2D eigenvalue weighted by atomic mass is 79.9. The number of carbonyl (C=O) groups is 1. The summed E-state index contributed by atoms with van der Waals surface area (Å²) in [7, 11) is 0. The van der Waals surface area contributed by atoms with Gasteiger partial charge >= 0.3 is 5.97 Å². The van der Waals surface area contributed by atoms with Crippen molar-refractivity contribution in [3.63, 3.8) is 0 Å². The zero-order valence-corrected chi connectivity index (χ0v) is 10.4. The van der Waals surface area contributed by atoms with Crippen LogP contribution in [0.25, 0.3) is 0 Å². The maximum atomic E-state index is 11.1. The van der Waals surface area contributed by atoms with Gasteiger partial charge in [-0.2, -0.15) is 0 Å². The molecule has 0 bridgehead atoms. The quantitative estimate of drug-likeness (QED) is 0.639. The molecule has 6 heteroatoms. The van der Waals surface area contributed by atoms with Gasteiger partial charge in [0.1, 0.15) is 12.2 Å². The van der Waals surface area contributed by atoms with E-state index in [1.54, 1.807) is 19.2 Å². The molecule has 16 heavy (non-hydrogen) atoms. The molecule has 1 heterocycles. The molecule has 0 fully saturated rings. The summed E-state index contributed by atoms with van der Waals surface area (Å²) in [5.41, 5.74) is 1.10. The Bertz CT molecular complexity index is 396. The van der Waals surface area contributed by atoms with Gasteiger partial charge in [-0.3, -0.25) is 9.78 Å². The summed E-state index contributed by atoms with van der Waals surface area (Å²) in [6, 6.07) is 1.76. The summed E-state index contributed by atoms with van der Waals surface area (Å²) in [4.78, 5) is 15.1. The van der Waals surface area contributed by atoms with Crippen LogP contribution in [0.5, 0.6) is 0 Å². The van der Waals surface area contributed by atoms with Gasteiger partial charge in [0, 0.05) is 16.9 Å². The molecule has 0 amide bonds. The van der Waals surface area contributed by atoms with E-state index >= 15 is 0 Å². The molecule has 2 N–H and O–H groups in total. The summed E-state index contributed by atoms with van der Waals surface area (Å²) >= 11 is 3.27. The first-order chi connectivity index (χ1) is 7.67. The van der Waals surface area contributed by atoms with Crippen molar-refractivity contribution in [2.24, 2.45) is 0 Å². The number of rotatable bonds is 5. The first-order valence-corrected chi connectivity index (χ1v) is 5.52. The number of aromatic nitrogens is 1. The Hall–Kier alpha value is -1.43. The zero-order valence-electron chi connectivity index (χ0n) is 8.79. The van der Waals surface area contributed by atoms with E-state index in [0.717, 1.165) is 10.7 Å². The molecule has 0 atom stereocenters. The fourth-order valence-corrected chi connectivity index (χ4v) is 1.42. The van der Waals surface area contributed by atoms with Crippen molar-refractivity contribution in [1.29, 1.82) is 5.41 Å². The number of hydrogen-bond donors (Lipinski definition) is 2. The Morgan fingerprint density at radius 1 is 1.75 bits per heavy atom. The molecule has 86 valence electrons. The van der Waals surface area contributed by atoms with Gasteiger partial charge in [-0.05, 0) is 28.9 Å². The lowest BCUT2D eigenvalue weighted by Gasteiger charge is -2.08. The topological polar surface area (TPSA) is 75.1 Å². The van der Waals surface area contributed by atoms with Crippen molar-refractivity contribution in [2.45, 2.75) is 6.92 Å². The summed E-state index contributed by atoms with van der Waals surface area (Å²) in [6.07, 6.45) is 2.72. The minimum absolute atomic E-state index is 0.0623. The second-order valence-corrected chi connectivity index (χ2v) is 3.80. The lowest BCUT2D eigenvalue weighted by atomic mass is 10.3. The van der Waals surface area contributed by atoms with Crippen LogP contribution in [0.15, 0.2) is 16.7 Å². The van der Waals surface area contributed by atoms with Crippen molar-refractivity contribution in [3.05, 3.63) is 22.4 Å². The fraction of sp³-hybridized carbons (Fsp3) is 0.300. The molecular formula is C10H12BrN3O2. The van der Waals surface area contributed by atoms with Gasteiger partial charge in [0.2, 0.25) is 0 Å². The average molecular weight is 286 g/mol. The van der Waals surface area contributed by atoms with Gasteiger partial charge in [-0.25, -0.2) is 0 Å². The Morgan fingerprint density at radius 3 is 3.12 bits per heavy atom.